The third-order valence-electron chi connectivity index (χ3n) is 3.49. The van der Waals surface area contributed by atoms with Gasteiger partial charge in [-0.1, -0.05) is 0 Å². The maximum atomic E-state index is 11.7. The van der Waals surface area contributed by atoms with Crippen LogP contribution in [0.3, 0.4) is 0 Å². The van der Waals surface area contributed by atoms with Gasteiger partial charge >= 0.3 is 11.4 Å². The summed E-state index contributed by atoms with van der Waals surface area (Å²) in [7, 11) is -3.95. The van der Waals surface area contributed by atoms with Gasteiger partial charge in [-0.15, -0.1) is 0 Å². The van der Waals surface area contributed by atoms with Crippen molar-refractivity contribution in [2.45, 2.75) is 4.90 Å². The number of rotatable bonds is 7. The summed E-state index contributed by atoms with van der Waals surface area (Å²) in [6.45, 7) is 0. The second-order valence-electron chi connectivity index (χ2n) is 5.50. The van der Waals surface area contributed by atoms with E-state index < -0.39 is 62.9 Å². The zero-order valence-electron chi connectivity index (χ0n) is 14.2. The summed E-state index contributed by atoms with van der Waals surface area (Å²) in [5.74, 6) is 0. The molecule has 1 N–H and O–H groups in total. The van der Waals surface area contributed by atoms with E-state index in [1.54, 1.807) is 0 Å². The molecule has 0 radical (unpaired) electrons. The zero-order chi connectivity index (χ0) is 22.1. The van der Waals surface area contributed by atoms with Gasteiger partial charge in [-0.25, -0.2) is 8.42 Å². The van der Waals surface area contributed by atoms with Crippen LogP contribution in [0.25, 0.3) is 0 Å². The smallest absolute Gasteiger partial charge is 0.306 e. The molecule has 16 heteroatoms. The van der Waals surface area contributed by atoms with Crippen molar-refractivity contribution in [3.8, 4) is 0 Å². The van der Waals surface area contributed by atoms with Gasteiger partial charge < -0.3 is 5.32 Å². The van der Waals surface area contributed by atoms with Crippen molar-refractivity contribution in [1.29, 1.82) is 0 Å². The number of nitro groups is 4. The minimum Gasteiger partial charge on any atom is -0.344 e. The molecule has 0 aliphatic rings. The molecule has 0 fully saturated rings. The number of sulfone groups is 1. The van der Waals surface area contributed by atoms with Gasteiger partial charge in [-0.05, 0) is 6.07 Å². The van der Waals surface area contributed by atoms with E-state index in [4.69, 9.17) is 0 Å². The fraction of sp³-hybridized carbons (Fsp3) is 0.0769. The Kier molecular flexibility index (Phi) is 5.40. The van der Waals surface area contributed by atoms with Gasteiger partial charge in [-0.3, -0.25) is 40.5 Å². The van der Waals surface area contributed by atoms with Gasteiger partial charge in [0, 0.05) is 24.1 Å². The molecule has 0 saturated carbocycles. The molecular formula is C13H9N5O10S. The number of non-ortho nitro benzene ring substituents is 2. The molecule has 0 spiro atoms. The first-order valence-corrected chi connectivity index (χ1v) is 9.08. The van der Waals surface area contributed by atoms with Gasteiger partial charge in [0.15, 0.2) is 15.5 Å². The Morgan fingerprint density at radius 3 is 1.55 bits per heavy atom. The molecule has 2 aromatic carbocycles. The van der Waals surface area contributed by atoms with Crippen molar-refractivity contribution >= 4 is 44.0 Å². The average molecular weight is 427 g/mol. The summed E-state index contributed by atoms with van der Waals surface area (Å²) in [6, 6.07) is 3.33. The average Bonchev–Trinajstić information content (AvgIpc) is 2.60. The van der Waals surface area contributed by atoms with Crippen molar-refractivity contribution in [3.63, 3.8) is 0 Å². The lowest BCUT2D eigenvalue weighted by atomic mass is 10.2. The summed E-state index contributed by atoms with van der Waals surface area (Å²) in [5.41, 5.74) is -4.95. The predicted octanol–water partition coefficient (Wildman–Crippen LogP) is 2.47. The zero-order valence-corrected chi connectivity index (χ0v) is 15.0. The molecule has 2 aromatic rings. The number of nitrogens with one attached hydrogen (secondary N) is 1. The molecule has 0 saturated heterocycles. The maximum Gasteiger partial charge on any atom is 0.306 e. The fourth-order valence-electron chi connectivity index (χ4n) is 2.24. The highest BCUT2D eigenvalue weighted by Gasteiger charge is 2.31. The summed E-state index contributed by atoms with van der Waals surface area (Å²) in [6.07, 6.45) is 0.757. The quantitative estimate of drug-likeness (QED) is 0.499. The van der Waals surface area contributed by atoms with E-state index >= 15 is 0 Å². The first-order chi connectivity index (χ1) is 13.3. The molecular weight excluding hydrogens is 418 g/mol. The Bertz CT molecular complexity index is 1140. The standard InChI is InChI=1S/C13H9N5O10S/c1-29(27,28)10-3-7(2-8(4-10)15(19)20)14-13-11(17(23)24)5-9(16(21)22)6-12(13)18(25)26/h2-6,14H,1H3. The Morgan fingerprint density at radius 2 is 1.17 bits per heavy atom. The lowest BCUT2D eigenvalue weighted by Crippen LogP contribution is -2.05. The number of hydrogen-bond acceptors (Lipinski definition) is 11. The second-order valence-corrected chi connectivity index (χ2v) is 7.52. The Labute approximate surface area is 160 Å². The third-order valence-corrected chi connectivity index (χ3v) is 4.58. The molecule has 15 nitrogen and oxygen atoms in total. The number of anilines is 2. The molecule has 0 atom stereocenters. The minimum absolute atomic E-state index is 0.389. The molecule has 0 aliphatic carbocycles. The van der Waals surface area contributed by atoms with Crippen molar-refractivity contribution in [3.05, 3.63) is 70.8 Å². The van der Waals surface area contributed by atoms with E-state index in [-0.39, 0.29) is 5.69 Å². The molecule has 0 bridgehead atoms. The topological polar surface area (TPSA) is 219 Å². The molecule has 0 unspecified atom stereocenters. The molecule has 0 heterocycles. The molecule has 0 aliphatic heterocycles. The van der Waals surface area contributed by atoms with Crippen LogP contribution in [-0.4, -0.2) is 34.4 Å². The first kappa shape index (κ1) is 21.1. The first-order valence-electron chi connectivity index (χ1n) is 7.19. The SMILES string of the molecule is CS(=O)(=O)c1cc(Nc2c([N+](=O)[O-])cc([N+](=O)[O-])cc2[N+](=O)[O-])cc([N+](=O)[O-])c1. The predicted molar refractivity (Wildman–Crippen MR) is 95.9 cm³/mol. The second kappa shape index (κ2) is 7.43. The van der Waals surface area contributed by atoms with E-state index in [0.717, 1.165) is 24.5 Å². The van der Waals surface area contributed by atoms with Crippen LogP contribution in [0.1, 0.15) is 0 Å². The normalized spacial score (nSPS) is 10.9. The van der Waals surface area contributed by atoms with Crippen LogP contribution in [0, 0.1) is 40.5 Å². The van der Waals surface area contributed by atoms with Gasteiger partial charge in [0.25, 0.3) is 11.4 Å². The monoisotopic (exact) mass is 427 g/mol. The van der Waals surface area contributed by atoms with Crippen molar-refractivity contribution < 1.29 is 28.1 Å². The van der Waals surface area contributed by atoms with E-state index in [2.05, 4.69) is 5.32 Å². The number of nitro benzene ring substituents is 4. The van der Waals surface area contributed by atoms with E-state index in [1.165, 1.54) is 0 Å². The molecule has 0 amide bonds. The van der Waals surface area contributed by atoms with Gasteiger partial charge in [-0.2, -0.15) is 0 Å². The lowest BCUT2D eigenvalue weighted by Gasteiger charge is -2.09. The Hall–Kier alpha value is -4.21. The third kappa shape index (κ3) is 4.56. The Morgan fingerprint density at radius 1 is 0.724 bits per heavy atom. The highest BCUT2D eigenvalue weighted by atomic mass is 32.2. The van der Waals surface area contributed by atoms with Gasteiger partial charge in [0.05, 0.1) is 36.7 Å². The van der Waals surface area contributed by atoms with Crippen molar-refractivity contribution in [2.75, 3.05) is 11.6 Å². The summed E-state index contributed by atoms with van der Waals surface area (Å²) >= 11 is 0. The van der Waals surface area contributed by atoms with Crippen LogP contribution >= 0.6 is 0 Å². The molecule has 152 valence electrons. The summed E-state index contributed by atoms with van der Waals surface area (Å²) < 4.78 is 23.5. The van der Waals surface area contributed by atoms with Crippen LogP contribution in [0.5, 0.6) is 0 Å². The number of nitrogens with zero attached hydrogens (tertiary/aromatic N) is 4. The molecule has 2 rings (SSSR count). The largest absolute Gasteiger partial charge is 0.344 e. The van der Waals surface area contributed by atoms with E-state index in [0.29, 0.717) is 12.1 Å². The van der Waals surface area contributed by atoms with Gasteiger partial charge in [0.1, 0.15) is 0 Å². The van der Waals surface area contributed by atoms with Crippen LogP contribution in [0.4, 0.5) is 34.1 Å². The molecule has 29 heavy (non-hydrogen) atoms. The van der Waals surface area contributed by atoms with E-state index in [9.17, 15) is 48.9 Å². The highest BCUT2D eigenvalue weighted by molar-refractivity contribution is 7.90. The summed E-state index contributed by atoms with van der Waals surface area (Å²) in [5, 5.41) is 46.7. The maximum absolute atomic E-state index is 11.7. The van der Waals surface area contributed by atoms with Crippen molar-refractivity contribution in [1.82, 2.24) is 0 Å². The van der Waals surface area contributed by atoms with Crippen LogP contribution in [0.15, 0.2) is 35.2 Å². The Balaban J connectivity index is 2.78. The van der Waals surface area contributed by atoms with Crippen LogP contribution < -0.4 is 5.32 Å². The van der Waals surface area contributed by atoms with Gasteiger partial charge in [0.2, 0.25) is 0 Å². The van der Waals surface area contributed by atoms with E-state index in [1.807, 2.05) is 0 Å². The highest BCUT2D eigenvalue weighted by Crippen LogP contribution is 2.40. The molecule has 0 aromatic heterocycles. The minimum atomic E-state index is -3.95. The fourth-order valence-corrected chi connectivity index (χ4v) is 2.91. The van der Waals surface area contributed by atoms with Crippen LogP contribution in [-0.2, 0) is 9.84 Å². The number of hydrogen-bond donors (Lipinski definition) is 1. The number of benzene rings is 2. The van der Waals surface area contributed by atoms with Crippen molar-refractivity contribution in [2.24, 2.45) is 0 Å². The lowest BCUT2D eigenvalue weighted by molar-refractivity contribution is -0.401. The van der Waals surface area contributed by atoms with Crippen LogP contribution in [0.2, 0.25) is 0 Å². The summed E-state index contributed by atoms with van der Waals surface area (Å²) in [4.78, 5) is 39.7.